The summed E-state index contributed by atoms with van der Waals surface area (Å²) in [6.07, 6.45) is -0.645. The monoisotopic (exact) mass is 484 g/mol. The lowest BCUT2D eigenvalue weighted by Gasteiger charge is -2.23. The zero-order valence-corrected chi connectivity index (χ0v) is 20.1. The third-order valence-corrected chi connectivity index (χ3v) is 5.27. The van der Waals surface area contributed by atoms with E-state index in [1.165, 1.54) is 22.9 Å². The number of aromatic hydroxyl groups is 1. The average molecular weight is 485 g/mol. The number of aromatic nitrogens is 2. The van der Waals surface area contributed by atoms with Crippen molar-refractivity contribution in [2.75, 3.05) is 4.90 Å². The normalized spacial score (nSPS) is 11.1. The maximum absolute atomic E-state index is 13.8. The first kappa shape index (κ1) is 24.5. The van der Waals surface area contributed by atoms with Crippen molar-refractivity contribution in [1.29, 1.82) is 5.26 Å². The molecule has 0 aliphatic carbocycles. The van der Waals surface area contributed by atoms with Crippen LogP contribution in [0, 0.1) is 17.1 Å². The third-order valence-electron chi connectivity index (χ3n) is 5.27. The maximum Gasteiger partial charge on any atom is 0.435 e. The predicted molar refractivity (Wildman–Crippen MR) is 134 cm³/mol. The van der Waals surface area contributed by atoms with Crippen molar-refractivity contribution in [3.8, 4) is 23.1 Å². The highest BCUT2D eigenvalue weighted by Crippen LogP contribution is 2.33. The molecule has 0 unspecified atom stereocenters. The molecular formula is C28H25FN4O3. The third kappa shape index (κ3) is 5.53. The van der Waals surface area contributed by atoms with E-state index >= 15 is 0 Å². The van der Waals surface area contributed by atoms with Gasteiger partial charge in [0.05, 0.1) is 17.3 Å². The molecule has 4 rings (SSSR count). The summed E-state index contributed by atoms with van der Waals surface area (Å²) in [5.41, 5.74) is 2.35. The molecule has 1 N–H and O–H groups in total. The molecule has 0 saturated carbocycles. The molecule has 7 nitrogen and oxygen atoms in total. The molecule has 0 atom stereocenters. The van der Waals surface area contributed by atoms with E-state index in [2.05, 4.69) is 11.2 Å². The number of ether oxygens (including phenoxy) is 1. The number of phenolic OH excluding ortho intramolecular Hbond substituents is 1. The summed E-state index contributed by atoms with van der Waals surface area (Å²) in [4.78, 5) is 14.8. The van der Waals surface area contributed by atoms with E-state index in [1.807, 2.05) is 30.3 Å². The topological polar surface area (TPSA) is 91.4 Å². The highest BCUT2D eigenvalue weighted by atomic mass is 19.1. The minimum atomic E-state index is -0.749. The van der Waals surface area contributed by atoms with Gasteiger partial charge in [0.2, 0.25) is 0 Å². The van der Waals surface area contributed by atoms with Gasteiger partial charge in [-0.1, -0.05) is 42.5 Å². The first-order chi connectivity index (χ1) is 17.1. The fraction of sp³-hybridized carbons (Fsp3) is 0.179. The molecule has 1 heterocycles. The minimum Gasteiger partial charge on any atom is -0.505 e. The average Bonchev–Trinajstić information content (AvgIpc) is 3.30. The molecule has 0 spiro atoms. The fourth-order valence-corrected chi connectivity index (χ4v) is 3.60. The molecule has 0 aliphatic heterocycles. The smallest absolute Gasteiger partial charge is 0.435 e. The summed E-state index contributed by atoms with van der Waals surface area (Å²) >= 11 is 0. The summed E-state index contributed by atoms with van der Waals surface area (Å²) in [7, 11) is 0. The van der Waals surface area contributed by atoms with Crippen LogP contribution in [-0.4, -0.2) is 26.6 Å². The van der Waals surface area contributed by atoms with Gasteiger partial charge in [0.25, 0.3) is 0 Å². The largest absolute Gasteiger partial charge is 0.505 e. The van der Waals surface area contributed by atoms with Gasteiger partial charge in [0.15, 0.2) is 17.4 Å². The molecule has 0 saturated heterocycles. The van der Waals surface area contributed by atoms with Gasteiger partial charge < -0.3 is 14.7 Å². The van der Waals surface area contributed by atoms with Crippen LogP contribution in [-0.2, 0) is 11.3 Å². The standard InChI is InChI=1S/C28H25FN4O3/c1-28(2,3)36-27(35)33-24(21-7-5-4-6-8-21)16-26(31-33)32(22-13-14-23(29)25(34)15-22)18-20-11-9-19(17-30)10-12-20/h4-16,34H,18H2,1-3H3. The Kier molecular flexibility index (Phi) is 6.75. The highest BCUT2D eigenvalue weighted by molar-refractivity contribution is 5.80. The van der Waals surface area contributed by atoms with Gasteiger partial charge in [0.1, 0.15) is 5.60 Å². The lowest BCUT2D eigenvalue weighted by Crippen LogP contribution is -2.28. The number of phenols is 1. The van der Waals surface area contributed by atoms with Crippen LogP contribution in [0.2, 0.25) is 0 Å². The van der Waals surface area contributed by atoms with Gasteiger partial charge in [0, 0.05) is 29.9 Å². The summed E-state index contributed by atoms with van der Waals surface area (Å²) < 4.78 is 20.6. The molecule has 0 bridgehead atoms. The van der Waals surface area contributed by atoms with E-state index in [-0.39, 0.29) is 6.54 Å². The number of carbonyl (C=O) groups is 1. The Hall–Kier alpha value is -4.64. The van der Waals surface area contributed by atoms with Crippen molar-refractivity contribution >= 4 is 17.6 Å². The zero-order chi connectivity index (χ0) is 25.9. The van der Waals surface area contributed by atoms with Crippen LogP contribution in [0.1, 0.15) is 31.9 Å². The number of nitriles is 1. The van der Waals surface area contributed by atoms with E-state index < -0.39 is 23.3 Å². The van der Waals surface area contributed by atoms with Crippen molar-refractivity contribution in [3.63, 3.8) is 0 Å². The second kappa shape index (κ2) is 9.92. The van der Waals surface area contributed by atoms with Gasteiger partial charge in [-0.25, -0.2) is 9.18 Å². The van der Waals surface area contributed by atoms with E-state index in [0.29, 0.717) is 22.8 Å². The van der Waals surface area contributed by atoms with E-state index in [4.69, 9.17) is 10.00 Å². The zero-order valence-electron chi connectivity index (χ0n) is 20.1. The lowest BCUT2D eigenvalue weighted by molar-refractivity contribution is 0.0518. The molecule has 36 heavy (non-hydrogen) atoms. The predicted octanol–water partition coefficient (Wildman–Crippen LogP) is 6.39. The molecule has 1 aromatic heterocycles. The van der Waals surface area contributed by atoms with Crippen LogP contribution in [0.3, 0.4) is 0 Å². The number of benzene rings is 3. The number of hydrogen-bond donors (Lipinski definition) is 1. The highest BCUT2D eigenvalue weighted by Gasteiger charge is 2.25. The molecule has 3 aromatic carbocycles. The van der Waals surface area contributed by atoms with E-state index in [9.17, 15) is 14.3 Å². The summed E-state index contributed by atoms with van der Waals surface area (Å²) in [6, 6.07) is 24.1. The second-order valence-electron chi connectivity index (χ2n) is 9.18. The molecule has 0 fully saturated rings. The van der Waals surface area contributed by atoms with Gasteiger partial charge in [-0.05, 0) is 50.6 Å². The van der Waals surface area contributed by atoms with Crippen LogP contribution in [0.4, 0.5) is 20.7 Å². The summed E-state index contributed by atoms with van der Waals surface area (Å²) in [6.45, 7) is 5.60. The molecule has 182 valence electrons. The Bertz CT molecular complexity index is 1420. The SMILES string of the molecule is CC(C)(C)OC(=O)n1nc(N(Cc2ccc(C#N)cc2)c2ccc(F)c(O)c2)cc1-c1ccccc1. The Morgan fingerprint density at radius 2 is 1.78 bits per heavy atom. The van der Waals surface area contributed by atoms with Gasteiger partial charge in [-0.15, -0.1) is 5.10 Å². The van der Waals surface area contributed by atoms with Crippen molar-refractivity contribution in [2.45, 2.75) is 32.9 Å². The van der Waals surface area contributed by atoms with Gasteiger partial charge in [-0.2, -0.15) is 9.94 Å². The number of nitrogens with zero attached hydrogens (tertiary/aromatic N) is 4. The minimum absolute atomic E-state index is 0.274. The second-order valence-corrected chi connectivity index (χ2v) is 9.18. The molecule has 0 aliphatic rings. The van der Waals surface area contributed by atoms with E-state index in [0.717, 1.165) is 11.1 Å². The van der Waals surface area contributed by atoms with Crippen molar-refractivity contribution in [3.05, 3.63) is 95.8 Å². The van der Waals surface area contributed by atoms with Crippen LogP contribution in [0.15, 0.2) is 78.9 Å². The number of hydrogen-bond acceptors (Lipinski definition) is 6. The molecule has 8 heteroatoms. The maximum atomic E-state index is 13.8. The van der Waals surface area contributed by atoms with Crippen molar-refractivity contribution < 1.29 is 19.0 Å². The Morgan fingerprint density at radius 1 is 1.08 bits per heavy atom. The van der Waals surface area contributed by atoms with Crippen LogP contribution < -0.4 is 4.90 Å². The fourth-order valence-electron chi connectivity index (χ4n) is 3.60. The summed E-state index contributed by atoms with van der Waals surface area (Å²) in [5, 5.41) is 23.7. The van der Waals surface area contributed by atoms with Gasteiger partial charge in [-0.3, -0.25) is 0 Å². The number of rotatable bonds is 5. The van der Waals surface area contributed by atoms with Crippen molar-refractivity contribution in [2.24, 2.45) is 0 Å². The summed E-state index contributed by atoms with van der Waals surface area (Å²) in [5.74, 6) is -0.872. The Balaban J connectivity index is 1.84. The van der Waals surface area contributed by atoms with Crippen molar-refractivity contribution in [1.82, 2.24) is 9.78 Å². The number of anilines is 2. The van der Waals surface area contributed by atoms with E-state index in [1.54, 1.807) is 56.0 Å². The lowest BCUT2D eigenvalue weighted by atomic mass is 10.1. The molecule has 0 amide bonds. The number of carbonyl (C=O) groups excluding carboxylic acids is 1. The molecular weight excluding hydrogens is 459 g/mol. The first-order valence-electron chi connectivity index (χ1n) is 11.3. The first-order valence-corrected chi connectivity index (χ1v) is 11.3. The van der Waals surface area contributed by atoms with Crippen LogP contribution in [0.25, 0.3) is 11.3 Å². The number of halogens is 1. The Morgan fingerprint density at radius 3 is 2.39 bits per heavy atom. The Labute approximate surface area is 208 Å². The van der Waals surface area contributed by atoms with Gasteiger partial charge >= 0.3 is 6.09 Å². The molecule has 0 radical (unpaired) electrons. The molecule has 4 aromatic rings. The quantitative estimate of drug-likeness (QED) is 0.353. The van der Waals surface area contributed by atoms with Crippen LogP contribution >= 0.6 is 0 Å². The van der Waals surface area contributed by atoms with Crippen LogP contribution in [0.5, 0.6) is 5.75 Å².